The van der Waals surface area contributed by atoms with Gasteiger partial charge < -0.3 is 15.5 Å². The molecule has 0 aromatic heterocycles. The van der Waals surface area contributed by atoms with Gasteiger partial charge in [-0.25, -0.2) is 13.1 Å². The summed E-state index contributed by atoms with van der Waals surface area (Å²) >= 11 is 0. The largest absolute Gasteiger partial charge is 0.357 e. The fraction of sp³-hybridized carbons (Fsp3) is 0.938. The van der Waals surface area contributed by atoms with Crippen LogP contribution < -0.4 is 15.4 Å². The zero-order chi connectivity index (χ0) is 18.4. The molecule has 0 radical (unpaired) electrons. The molecule has 0 aromatic carbocycles. The Morgan fingerprint density at radius 1 is 1.28 bits per heavy atom. The van der Waals surface area contributed by atoms with Gasteiger partial charge in [0.15, 0.2) is 5.96 Å². The number of piperidine rings is 1. The van der Waals surface area contributed by atoms with Crippen LogP contribution in [-0.2, 0) is 10.0 Å². The Labute approximate surface area is 170 Å². The first-order valence-corrected chi connectivity index (χ1v) is 10.7. The fourth-order valence-electron chi connectivity index (χ4n) is 2.88. The molecule has 0 saturated carbocycles. The van der Waals surface area contributed by atoms with Gasteiger partial charge in [0.05, 0.1) is 12.8 Å². The van der Waals surface area contributed by atoms with Gasteiger partial charge in [-0.3, -0.25) is 4.99 Å². The average Bonchev–Trinajstić information content (AvgIpc) is 2.43. The lowest BCUT2D eigenvalue weighted by atomic mass is 10.0. The van der Waals surface area contributed by atoms with Gasteiger partial charge in [0.2, 0.25) is 10.0 Å². The molecule has 0 aromatic rings. The molecule has 9 heteroatoms. The number of aliphatic imine (C=N–C) groups is 1. The van der Waals surface area contributed by atoms with E-state index in [1.165, 1.54) is 6.26 Å². The van der Waals surface area contributed by atoms with E-state index in [9.17, 15) is 8.42 Å². The van der Waals surface area contributed by atoms with Gasteiger partial charge in [-0.05, 0) is 47.5 Å². The predicted octanol–water partition coefficient (Wildman–Crippen LogP) is 1.36. The molecule has 0 bridgehead atoms. The van der Waals surface area contributed by atoms with E-state index in [-0.39, 0.29) is 24.0 Å². The highest BCUT2D eigenvalue weighted by molar-refractivity contribution is 14.0. The number of likely N-dealkylation sites (tertiary alicyclic amines) is 1. The second-order valence-corrected chi connectivity index (χ2v) is 9.25. The molecule has 150 valence electrons. The molecular formula is C16H36IN5O2S. The van der Waals surface area contributed by atoms with Gasteiger partial charge in [0.1, 0.15) is 0 Å². The third kappa shape index (κ3) is 10.6. The van der Waals surface area contributed by atoms with Crippen LogP contribution in [0.25, 0.3) is 0 Å². The number of hydrogen-bond donors (Lipinski definition) is 3. The zero-order valence-electron chi connectivity index (χ0n) is 16.4. The lowest BCUT2D eigenvalue weighted by Crippen LogP contribution is -2.51. The van der Waals surface area contributed by atoms with Crippen molar-refractivity contribution >= 4 is 40.0 Å². The second kappa shape index (κ2) is 10.9. The lowest BCUT2D eigenvalue weighted by molar-refractivity contribution is 0.167. The summed E-state index contributed by atoms with van der Waals surface area (Å²) in [6.07, 6.45) is 3.35. The third-order valence-electron chi connectivity index (χ3n) is 4.04. The summed E-state index contributed by atoms with van der Waals surface area (Å²) < 4.78 is 25.5. The summed E-state index contributed by atoms with van der Waals surface area (Å²) in [6.45, 7) is 13.5. The maximum absolute atomic E-state index is 11.4. The van der Waals surface area contributed by atoms with Crippen molar-refractivity contribution in [2.24, 2.45) is 4.99 Å². The highest BCUT2D eigenvalue weighted by Crippen LogP contribution is 2.13. The Hall–Kier alpha value is -0.130. The first-order valence-electron chi connectivity index (χ1n) is 8.80. The number of nitrogens with zero attached hydrogens (tertiary/aromatic N) is 2. The van der Waals surface area contributed by atoms with Gasteiger partial charge in [-0.2, -0.15) is 0 Å². The molecule has 1 rings (SSSR count). The van der Waals surface area contributed by atoms with E-state index in [2.05, 4.69) is 39.1 Å². The maximum Gasteiger partial charge on any atom is 0.209 e. The molecule has 0 amide bonds. The molecule has 7 nitrogen and oxygen atoms in total. The van der Waals surface area contributed by atoms with Crippen molar-refractivity contribution in [3.63, 3.8) is 0 Å². The zero-order valence-corrected chi connectivity index (χ0v) is 19.6. The second-order valence-electron chi connectivity index (χ2n) is 7.50. The summed E-state index contributed by atoms with van der Waals surface area (Å²) in [5, 5.41) is 6.73. The highest BCUT2D eigenvalue weighted by atomic mass is 127. The van der Waals surface area contributed by atoms with E-state index >= 15 is 0 Å². The van der Waals surface area contributed by atoms with Crippen molar-refractivity contribution in [1.29, 1.82) is 0 Å². The first-order chi connectivity index (χ1) is 11.0. The van der Waals surface area contributed by atoms with E-state index < -0.39 is 15.6 Å². The monoisotopic (exact) mass is 489 g/mol. The normalized spacial score (nSPS) is 18.1. The molecule has 25 heavy (non-hydrogen) atoms. The smallest absolute Gasteiger partial charge is 0.209 e. The minimum absolute atomic E-state index is 0. The lowest BCUT2D eigenvalue weighted by Gasteiger charge is -2.35. The van der Waals surface area contributed by atoms with E-state index in [1.54, 1.807) is 0 Å². The number of nitrogens with one attached hydrogen (secondary N) is 3. The van der Waals surface area contributed by atoms with Gasteiger partial charge in [-0.1, -0.05) is 0 Å². The van der Waals surface area contributed by atoms with Gasteiger partial charge in [0.25, 0.3) is 0 Å². The molecule has 3 N–H and O–H groups in total. The van der Waals surface area contributed by atoms with Crippen molar-refractivity contribution in [2.75, 3.05) is 32.4 Å². The van der Waals surface area contributed by atoms with Crippen LogP contribution in [0.15, 0.2) is 4.99 Å². The first kappa shape index (κ1) is 24.9. The standard InChI is InChI=1S/C16H35N5O2S.HI/c1-7-17-15(18-12-16(4,5)20-24(6,22)23)19-14-8-10-21(11-9-14)13(2)3;/h13-14,20H,7-12H2,1-6H3,(H2,17,18,19);1H. The molecule has 1 saturated heterocycles. The number of guanidine groups is 1. The maximum atomic E-state index is 11.4. The SMILES string of the molecule is CCNC(=NCC(C)(C)NS(C)(=O)=O)NC1CCN(C(C)C)CC1.I. The molecule has 0 atom stereocenters. The number of hydrogen-bond acceptors (Lipinski definition) is 4. The van der Waals surface area contributed by atoms with Gasteiger partial charge in [-0.15, -0.1) is 24.0 Å². The van der Waals surface area contributed by atoms with Gasteiger partial charge >= 0.3 is 0 Å². The Balaban J connectivity index is 0.00000576. The summed E-state index contributed by atoms with van der Waals surface area (Å²) in [4.78, 5) is 7.06. The van der Waals surface area contributed by atoms with Crippen LogP contribution in [0.2, 0.25) is 0 Å². The molecule has 0 spiro atoms. The van der Waals surface area contributed by atoms with Crippen molar-refractivity contribution in [3.8, 4) is 0 Å². The summed E-state index contributed by atoms with van der Waals surface area (Å²) in [5.41, 5.74) is -0.614. The van der Waals surface area contributed by atoms with Crippen LogP contribution in [-0.4, -0.2) is 69.3 Å². The van der Waals surface area contributed by atoms with Crippen LogP contribution in [0.3, 0.4) is 0 Å². The quantitative estimate of drug-likeness (QED) is 0.286. The molecule has 0 unspecified atom stereocenters. The van der Waals surface area contributed by atoms with E-state index in [0.29, 0.717) is 18.6 Å². The van der Waals surface area contributed by atoms with Crippen LogP contribution in [0.1, 0.15) is 47.5 Å². The topological polar surface area (TPSA) is 85.8 Å². The van der Waals surface area contributed by atoms with Crippen LogP contribution in [0, 0.1) is 0 Å². The Kier molecular flexibility index (Phi) is 10.8. The van der Waals surface area contributed by atoms with Crippen molar-refractivity contribution in [1.82, 2.24) is 20.3 Å². The van der Waals surface area contributed by atoms with Crippen molar-refractivity contribution < 1.29 is 8.42 Å². The Morgan fingerprint density at radius 3 is 2.28 bits per heavy atom. The van der Waals surface area contributed by atoms with Gasteiger partial charge in [0, 0.05) is 37.3 Å². The fourth-order valence-corrected chi connectivity index (χ4v) is 3.95. The number of rotatable bonds is 7. The summed E-state index contributed by atoms with van der Waals surface area (Å²) in [5.74, 6) is 0.754. The minimum atomic E-state index is -3.25. The van der Waals surface area contributed by atoms with E-state index in [1.807, 2.05) is 20.8 Å². The summed E-state index contributed by atoms with van der Waals surface area (Å²) in [6, 6.07) is 1.000. The minimum Gasteiger partial charge on any atom is -0.357 e. The van der Waals surface area contributed by atoms with E-state index in [4.69, 9.17) is 0 Å². The highest BCUT2D eigenvalue weighted by Gasteiger charge is 2.24. The van der Waals surface area contributed by atoms with Crippen LogP contribution >= 0.6 is 24.0 Å². The predicted molar refractivity (Wildman–Crippen MR) is 116 cm³/mol. The van der Waals surface area contributed by atoms with E-state index in [0.717, 1.165) is 38.4 Å². The molecular weight excluding hydrogens is 453 g/mol. The summed E-state index contributed by atoms with van der Waals surface area (Å²) in [7, 11) is -3.25. The molecule has 1 fully saturated rings. The molecule has 1 heterocycles. The third-order valence-corrected chi connectivity index (χ3v) is 4.96. The number of sulfonamides is 1. The van der Waals surface area contributed by atoms with Crippen LogP contribution in [0.4, 0.5) is 0 Å². The Morgan fingerprint density at radius 2 is 1.84 bits per heavy atom. The van der Waals surface area contributed by atoms with Crippen molar-refractivity contribution in [3.05, 3.63) is 0 Å². The average molecular weight is 489 g/mol. The van der Waals surface area contributed by atoms with Crippen LogP contribution in [0.5, 0.6) is 0 Å². The molecule has 0 aliphatic carbocycles. The van der Waals surface area contributed by atoms with Crippen molar-refractivity contribution in [2.45, 2.75) is 65.1 Å². The molecule has 1 aliphatic heterocycles. The molecule has 1 aliphatic rings. The Bertz CT molecular complexity index is 515. The number of halogens is 1.